The number of hydrogen-bond acceptors (Lipinski definition) is 5. The van der Waals surface area contributed by atoms with Crippen LogP contribution in [0.2, 0.25) is 0 Å². The van der Waals surface area contributed by atoms with E-state index < -0.39 is 5.97 Å². The third kappa shape index (κ3) is 7.05. The molecule has 0 bridgehead atoms. The number of carbonyl (C=O) groups excluding carboxylic acids is 1. The van der Waals surface area contributed by atoms with Crippen LogP contribution in [0.1, 0.15) is 39.2 Å². The molecule has 0 fully saturated rings. The maximum atomic E-state index is 11.6. The fourth-order valence-corrected chi connectivity index (χ4v) is 1.94. The Morgan fingerprint density at radius 1 is 1.08 bits per heavy atom. The number of phenolic OH excluding ortho intramolecular Hbond substituents is 3. The number of esters is 1. The molecule has 0 saturated heterocycles. The molecule has 24 heavy (non-hydrogen) atoms. The summed E-state index contributed by atoms with van der Waals surface area (Å²) < 4.78 is 5.04. The smallest absolute Gasteiger partial charge is 0.331 e. The Labute approximate surface area is 142 Å². The van der Waals surface area contributed by atoms with Crippen molar-refractivity contribution < 1.29 is 24.9 Å². The maximum absolute atomic E-state index is 11.6. The first-order chi connectivity index (χ1) is 11.3. The molecule has 1 aromatic carbocycles. The lowest BCUT2D eigenvalue weighted by Gasteiger charge is -2.04. The summed E-state index contributed by atoms with van der Waals surface area (Å²) in [5.41, 5.74) is 2.45. The van der Waals surface area contributed by atoms with E-state index in [1.54, 1.807) is 0 Å². The van der Waals surface area contributed by atoms with Gasteiger partial charge in [-0.05, 0) is 45.8 Å². The zero-order valence-electron chi connectivity index (χ0n) is 14.2. The average Bonchev–Trinajstić information content (AvgIpc) is 2.45. The average molecular weight is 332 g/mol. The molecule has 0 atom stereocenters. The Hall–Kier alpha value is -2.69. The van der Waals surface area contributed by atoms with Gasteiger partial charge in [-0.2, -0.15) is 0 Å². The van der Waals surface area contributed by atoms with E-state index in [1.165, 1.54) is 11.6 Å². The SMILES string of the molecule is CC(C)=CCCC(C)=CCOC(=O)C=Cc1c(O)cc(O)cc1O. The number of carbonyl (C=O) groups is 1. The first kappa shape index (κ1) is 19.4. The molecular weight excluding hydrogens is 308 g/mol. The Morgan fingerprint density at radius 3 is 2.29 bits per heavy atom. The van der Waals surface area contributed by atoms with Crippen LogP contribution in [0, 0.1) is 0 Å². The Kier molecular flexibility index (Phi) is 7.62. The number of phenols is 3. The van der Waals surface area contributed by atoms with Crippen LogP contribution in [0.5, 0.6) is 17.2 Å². The second-order valence-corrected chi connectivity index (χ2v) is 5.73. The molecule has 0 heterocycles. The highest BCUT2D eigenvalue weighted by atomic mass is 16.5. The Morgan fingerprint density at radius 2 is 1.71 bits per heavy atom. The number of aromatic hydroxyl groups is 3. The van der Waals surface area contributed by atoms with Crippen LogP contribution in [0.3, 0.4) is 0 Å². The first-order valence-corrected chi connectivity index (χ1v) is 7.68. The number of benzene rings is 1. The summed E-state index contributed by atoms with van der Waals surface area (Å²) in [6.07, 6.45) is 8.21. The summed E-state index contributed by atoms with van der Waals surface area (Å²) in [5, 5.41) is 28.4. The molecule has 3 N–H and O–H groups in total. The minimum Gasteiger partial charge on any atom is -0.508 e. The van der Waals surface area contributed by atoms with Crippen molar-refractivity contribution in [1.29, 1.82) is 0 Å². The largest absolute Gasteiger partial charge is 0.508 e. The molecule has 0 amide bonds. The fourth-order valence-electron chi connectivity index (χ4n) is 1.94. The summed E-state index contributed by atoms with van der Waals surface area (Å²) in [6.45, 7) is 6.25. The van der Waals surface area contributed by atoms with Gasteiger partial charge in [0.15, 0.2) is 0 Å². The lowest BCUT2D eigenvalue weighted by atomic mass is 10.1. The van der Waals surface area contributed by atoms with Crippen LogP contribution in [-0.4, -0.2) is 27.9 Å². The van der Waals surface area contributed by atoms with Crippen molar-refractivity contribution in [3.63, 3.8) is 0 Å². The molecule has 0 aliphatic heterocycles. The van der Waals surface area contributed by atoms with Crippen LogP contribution in [0.25, 0.3) is 6.08 Å². The van der Waals surface area contributed by atoms with Gasteiger partial charge in [0.05, 0.1) is 5.56 Å². The molecule has 1 aromatic rings. The molecule has 0 spiro atoms. The summed E-state index contributed by atoms with van der Waals surface area (Å²) in [7, 11) is 0. The van der Waals surface area contributed by atoms with E-state index in [2.05, 4.69) is 19.9 Å². The highest BCUT2D eigenvalue weighted by molar-refractivity contribution is 5.88. The highest BCUT2D eigenvalue weighted by Gasteiger charge is 2.07. The van der Waals surface area contributed by atoms with Gasteiger partial charge in [-0.25, -0.2) is 4.79 Å². The van der Waals surface area contributed by atoms with Gasteiger partial charge in [0.25, 0.3) is 0 Å². The van der Waals surface area contributed by atoms with Crippen molar-refractivity contribution in [2.75, 3.05) is 6.61 Å². The molecule has 5 heteroatoms. The molecule has 5 nitrogen and oxygen atoms in total. The molecular formula is C19H24O5. The van der Waals surface area contributed by atoms with Gasteiger partial charge in [0.1, 0.15) is 23.9 Å². The third-order valence-electron chi connectivity index (χ3n) is 3.26. The summed E-state index contributed by atoms with van der Waals surface area (Å²) in [4.78, 5) is 11.6. The summed E-state index contributed by atoms with van der Waals surface area (Å²) in [6, 6.07) is 2.15. The lowest BCUT2D eigenvalue weighted by molar-refractivity contribution is -0.136. The van der Waals surface area contributed by atoms with Gasteiger partial charge < -0.3 is 20.1 Å². The van der Waals surface area contributed by atoms with E-state index in [0.717, 1.165) is 36.6 Å². The predicted molar refractivity (Wildman–Crippen MR) is 93.9 cm³/mol. The number of allylic oxidation sites excluding steroid dienone is 3. The van der Waals surface area contributed by atoms with Crippen LogP contribution < -0.4 is 0 Å². The van der Waals surface area contributed by atoms with Crippen LogP contribution in [-0.2, 0) is 9.53 Å². The predicted octanol–water partition coefficient (Wildman–Crippen LogP) is 4.05. The van der Waals surface area contributed by atoms with E-state index in [4.69, 9.17) is 4.74 Å². The summed E-state index contributed by atoms with van der Waals surface area (Å²) in [5.74, 6) is -1.51. The number of rotatable bonds is 7. The van der Waals surface area contributed by atoms with Crippen LogP contribution in [0.15, 0.2) is 41.5 Å². The van der Waals surface area contributed by atoms with Crippen molar-refractivity contribution in [3.05, 3.63) is 47.1 Å². The van der Waals surface area contributed by atoms with Crippen molar-refractivity contribution in [3.8, 4) is 17.2 Å². The molecule has 0 aliphatic rings. The van der Waals surface area contributed by atoms with Gasteiger partial charge >= 0.3 is 5.97 Å². The Balaban J connectivity index is 2.51. The van der Waals surface area contributed by atoms with Crippen molar-refractivity contribution in [2.45, 2.75) is 33.6 Å². The number of ether oxygens (including phenoxy) is 1. The minimum absolute atomic E-state index is 0.0400. The zero-order chi connectivity index (χ0) is 18.1. The minimum atomic E-state index is -0.588. The fraction of sp³-hybridized carbons (Fsp3) is 0.316. The van der Waals surface area contributed by atoms with Crippen molar-refractivity contribution in [1.82, 2.24) is 0 Å². The van der Waals surface area contributed by atoms with Gasteiger partial charge in [0, 0.05) is 18.2 Å². The number of hydrogen-bond donors (Lipinski definition) is 3. The Bertz CT molecular complexity index is 641. The quantitative estimate of drug-likeness (QED) is 0.398. The molecule has 0 aliphatic carbocycles. The van der Waals surface area contributed by atoms with Gasteiger partial charge in [-0.3, -0.25) is 0 Å². The van der Waals surface area contributed by atoms with E-state index in [0.29, 0.717) is 0 Å². The van der Waals surface area contributed by atoms with E-state index in [9.17, 15) is 20.1 Å². The molecule has 0 aromatic heterocycles. The van der Waals surface area contributed by atoms with Gasteiger partial charge in [-0.1, -0.05) is 17.2 Å². The molecule has 1 rings (SSSR count). The molecule has 0 saturated carbocycles. The first-order valence-electron chi connectivity index (χ1n) is 7.68. The second-order valence-electron chi connectivity index (χ2n) is 5.73. The van der Waals surface area contributed by atoms with E-state index >= 15 is 0 Å². The third-order valence-corrected chi connectivity index (χ3v) is 3.26. The normalized spacial score (nSPS) is 11.5. The van der Waals surface area contributed by atoms with Crippen LogP contribution in [0.4, 0.5) is 0 Å². The second kappa shape index (κ2) is 9.45. The van der Waals surface area contributed by atoms with Crippen LogP contribution >= 0.6 is 0 Å². The topological polar surface area (TPSA) is 87.0 Å². The maximum Gasteiger partial charge on any atom is 0.331 e. The van der Waals surface area contributed by atoms with Gasteiger partial charge in [0.2, 0.25) is 0 Å². The van der Waals surface area contributed by atoms with E-state index in [-0.39, 0.29) is 29.4 Å². The van der Waals surface area contributed by atoms with Crippen molar-refractivity contribution >= 4 is 12.0 Å². The lowest BCUT2D eigenvalue weighted by Crippen LogP contribution is -2.00. The molecule has 0 unspecified atom stereocenters. The van der Waals surface area contributed by atoms with E-state index in [1.807, 2.05) is 13.0 Å². The molecule has 0 radical (unpaired) electrons. The summed E-state index contributed by atoms with van der Waals surface area (Å²) >= 11 is 0. The van der Waals surface area contributed by atoms with Gasteiger partial charge in [-0.15, -0.1) is 0 Å². The van der Waals surface area contributed by atoms with Crippen molar-refractivity contribution in [2.24, 2.45) is 0 Å². The standard InChI is InChI=1S/C19H24O5/c1-13(2)5-4-6-14(3)9-10-24-19(23)8-7-16-17(21)11-15(20)12-18(16)22/h5,7-9,11-12,20-22H,4,6,10H2,1-3H3. The zero-order valence-corrected chi connectivity index (χ0v) is 14.2. The molecule has 130 valence electrons. The highest BCUT2D eigenvalue weighted by Crippen LogP contribution is 2.32. The monoisotopic (exact) mass is 332 g/mol.